The Morgan fingerprint density at radius 3 is 2.77 bits per heavy atom. The molecule has 0 saturated carbocycles. The third-order valence-corrected chi connectivity index (χ3v) is 4.29. The summed E-state index contributed by atoms with van der Waals surface area (Å²) in [5.41, 5.74) is 0.956. The van der Waals surface area contributed by atoms with Crippen LogP contribution in [0.1, 0.15) is 60.5 Å². The zero-order chi connectivity index (χ0) is 15.9. The summed E-state index contributed by atoms with van der Waals surface area (Å²) in [5.74, 6) is 2.64. The van der Waals surface area contributed by atoms with Crippen LogP contribution in [0, 0.1) is 20.8 Å². The van der Waals surface area contributed by atoms with E-state index in [2.05, 4.69) is 10.1 Å². The Kier molecular flexibility index (Phi) is 3.76. The molecule has 6 nitrogen and oxygen atoms in total. The normalized spacial score (nSPS) is 19.6. The molecule has 1 fully saturated rings. The van der Waals surface area contributed by atoms with E-state index in [1.54, 1.807) is 6.92 Å². The average molecular weight is 303 g/mol. The van der Waals surface area contributed by atoms with Crippen molar-refractivity contribution in [1.82, 2.24) is 15.0 Å². The van der Waals surface area contributed by atoms with E-state index in [9.17, 15) is 4.79 Å². The standard InChI is InChI=1S/C16H21N3O3/c1-9-8-13(11(3)21-9)10(2)16(20)19-7-5-6-14(19)15-17-12(4)22-18-15/h8,10,14H,5-7H2,1-4H3/t10-,14+/m1/s1. The predicted molar refractivity (Wildman–Crippen MR) is 79.3 cm³/mol. The number of nitrogens with zero attached hydrogens (tertiary/aromatic N) is 3. The molecule has 1 saturated heterocycles. The molecule has 0 aromatic carbocycles. The monoisotopic (exact) mass is 303 g/mol. The molecule has 0 radical (unpaired) electrons. The van der Waals surface area contributed by atoms with Crippen molar-refractivity contribution in [2.75, 3.05) is 6.54 Å². The lowest BCUT2D eigenvalue weighted by Gasteiger charge is -2.25. The molecule has 0 N–H and O–H groups in total. The van der Waals surface area contributed by atoms with Crippen molar-refractivity contribution in [2.24, 2.45) is 0 Å². The average Bonchev–Trinajstić information content (AvgIpc) is 3.17. The predicted octanol–water partition coefficient (Wildman–Crippen LogP) is 3.06. The first kappa shape index (κ1) is 14.8. The molecule has 22 heavy (non-hydrogen) atoms. The summed E-state index contributed by atoms with van der Waals surface area (Å²) < 4.78 is 10.6. The molecule has 0 spiro atoms. The fourth-order valence-corrected chi connectivity index (χ4v) is 3.21. The first-order valence-corrected chi connectivity index (χ1v) is 7.65. The van der Waals surface area contributed by atoms with Gasteiger partial charge >= 0.3 is 0 Å². The summed E-state index contributed by atoms with van der Waals surface area (Å²) in [4.78, 5) is 19.1. The minimum Gasteiger partial charge on any atom is -0.466 e. The quantitative estimate of drug-likeness (QED) is 0.871. The van der Waals surface area contributed by atoms with Crippen molar-refractivity contribution < 1.29 is 13.7 Å². The number of amides is 1. The van der Waals surface area contributed by atoms with Crippen LogP contribution in [-0.4, -0.2) is 27.5 Å². The van der Waals surface area contributed by atoms with E-state index in [0.29, 0.717) is 11.7 Å². The van der Waals surface area contributed by atoms with Crippen LogP contribution in [0.4, 0.5) is 0 Å². The Morgan fingerprint density at radius 1 is 1.41 bits per heavy atom. The highest BCUT2D eigenvalue weighted by molar-refractivity contribution is 5.84. The van der Waals surface area contributed by atoms with E-state index in [1.165, 1.54) is 0 Å². The van der Waals surface area contributed by atoms with Crippen LogP contribution < -0.4 is 0 Å². The van der Waals surface area contributed by atoms with Crippen molar-refractivity contribution in [2.45, 2.75) is 52.5 Å². The van der Waals surface area contributed by atoms with Crippen LogP contribution >= 0.6 is 0 Å². The third-order valence-electron chi connectivity index (χ3n) is 4.29. The summed E-state index contributed by atoms with van der Waals surface area (Å²) in [6.45, 7) is 8.22. The lowest BCUT2D eigenvalue weighted by Crippen LogP contribution is -2.34. The molecule has 1 aliphatic rings. The number of furan rings is 1. The van der Waals surface area contributed by atoms with Crippen LogP contribution in [0.2, 0.25) is 0 Å². The van der Waals surface area contributed by atoms with Gasteiger partial charge in [-0.2, -0.15) is 4.98 Å². The number of hydrogen-bond donors (Lipinski definition) is 0. The van der Waals surface area contributed by atoms with Crippen LogP contribution in [-0.2, 0) is 4.79 Å². The van der Waals surface area contributed by atoms with Crippen molar-refractivity contribution in [3.63, 3.8) is 0 Å². The summed E-state index contributed by atoms with van der Waals surface area (Å²) in [5, 5.41) is 3.99. The maximum Gasteiger partial charge on any atom is 0.230 e. The van der Waals surface area contributed by atoms with Gasteiger partial charge in [0.15, 0.2) is 5.82 Å². The van der Waals surface area contributed by atoms with E-state index in [4.69, 9.17) is 8.94 Å². The Hall–Kier alpha value is -2.11. The maximum absolute atomic E-state index is 12.9. The summed E-state index contributed by atoms with van der Waals surface area (Å²) in [6, 6.07) is 1.86. The molecule has 2 atom stereocenters. The first-order valence-electron chi connectivity index (χ1n) is 7.65. The van der Waals surface area contributed by atoms with Crippen molar-refractivity contribution >= 4 is 5.91 Å². The highest BCUT2D eigenvalue weighted by Gasteiger charge is 2.36. The largest absolute Gasteiger partial charge is 0.466 e. The summed E-state index contributed by atoms with van der Waals surface area (Å²) >= 11 is 0. The maximum atomic E-state index is 12.9. The van der Waals surface area contributed by atoms with Gasteiger partial charge < -0.3 is 13.8 Å². The minimum absolute atomic E-state index is 0.0827. The number of carbonyl (C=O) groups excluding carboxylic acids is 1. The molecular weight excluding hydrogens is 282 g/mol. The molecule has 0 unspecified atom stereocenters. The lowest BCUT2D eigenvalue weighted by atomic mass is 9.99. The zero-order valence-corrected chi connectivity index (χ0v) is 13.4. The van der Waals surface area contributed by atoms with Crippen LogP contribution in [0.25, 0.3) is 0 Å². The van der Waals surface area contributed by atoms with Crippen molar-refractivity contribution in [1.29, 1.82) is 0 Å². The highest BCUT2D eigenvalue weighted by Crippen LogP contribution is 2.34. The fourth-order valence-electron chi connectivity index (χ4n) is 3.21. The van der Waals surface area contributed by atoms with Gasteiger partial charge in [0.2, 0.25) is 11.8 Å². The van der Waals surface area contributed by atoms with Gasteiger partial charge in [0, 0.05) is 19.0 Å². The zero-order valence-electron chi connectivity index (χ0n) is 13.4. The van der Waals surface area contributed by atoms with E-state index in [-0.39, 0.29) is 17.9 Å². The molecule has 1 aliphatic heterocycles. The van der Waals surface area contributed by atoms with Gasteiger partial charge in [-0.15, -0.1) is 0 Å². The Bertz CT molecular complexity index is 689. The van der Waals surface area contributed by atoms with E-state index in [1.807, 2.05) is 31.7 Å². The SMILES string of the molecule is Cc1cc([C@@H](C)C(=O)N2CCC[C@H]2c2noc(C)n2)c(C)o1. The molecule has 0 aliphatic carbocycles. The second kappa shape index (κ2) is 5.59. The molecule has 118 valence electrons. The molecule has 6 heteroatoms. The number of likely N-dealkylation sites (tertiary alicyclic amines) is 1. The number of carbonyl (C=O) groups is 1. The second-order valence-corrected chi connectivity index (χ2v) is 5.95. The van der Waals surface area contributed by atoms with E-state index >= 15 is 0 Å². The molecule has 2 aromatic heterocycles. The Labute approximate surface area is 129 Å². The van der Waals surface area contributed by atoms with Gasteiger partial charge in [0.25, 0.3) is 0 Å². The number of rotatable bonds is 3. The third kappa shape index (κ3) is 2.53. The topological polar surface area (TPSA) is 72.4 Å². The van der Waals surface area contributed by atoms with Crippen molar-refractivity contribution in [3.05, 3.63) is 34.9 Å². The van der Waals surface area contributed by atoms with Gasteiger partial charge in [0.1, 0.15) is 11.5 Å². The fraction of sp³-hybridized carbons (Fsp3) is 0.562. The van der Waals surface area contributed by atoms with Crippen LogP contribution in [0.5, 0.6) is 0 Å². The first-order chi connectivity index (χ1) is 10.5. The van der Waals surface area contributed by atoms with Gasteiger partial charge in [-0.3, -0.25) is 4.79 Å². The Morgan fingerprint density at radius 2 is 2.18 bits per heavy atom. The smallest absolute Gasteiger partial charge is 0.230 e. The van der Waals surface area contributed by atoms with Gasteiger partial charge in [-0.1, -0.05) is 5.16 Å². The van der Waals surface area contributed by atoms with E-state index in [0.717, 1.165) is 36.5 Å². The second-order valence-electron chi connectivity index (χ2n) is 5.95. The molecule has 0 bridgehead atoms. The van der Waals surface area contributed by atoms with Gasteiger partial charge in [-0.25, -0.2) is 0 Å². The molecular formula is C16H21N3O3. The number of aryl methyl sites for hydroxylation is 3. The highest BCUT2D eigenvalue weighted by atomic mass is 16.5. The number of aromatic nitrogens is 2. The summed E-state index contributed by atoms with van der Waals surface area (Å²) in [7, 11) is 0. The minimum atomic E-state index is -0.231. The molecule has 3 rings (SSSR count). The van der Waals surface area contributed by atoms with Crippen LogP contribution in [0.15, 0.2) is 15.0 Å². The lowest BCUT2D eigenvalue weighted by molar-refractivity contribution is -0.133. The van der Waals surface area contributed by atoms with Gasteiger partial charge in [0.05, 0.1) is 12.0 Å². The molecule has 1 amide bonds. The molecule has 3 heterocycles. The number of hydrogen-bond acceptors (Lipinski definition) is 5. The van der Waals surface area contributed by atoms with Gasteiger partial charge in [-0.05, 0) is 39.7 Å². The molecule has 2 aromatic rings. The van der Waals surface area contributed by atoms with E-state index < -0.39 is 0 Å². The van der Waals surface area contributed by atoms with Crippen LogP contribution in [0.3, 0.4) is 0 Å². The Balaban J connectivity index is 1.83. The summed E-state index contributed by atoms with van der Waals surface area (Å²) in [6.07, 6.45) is 1.83. The van der Waals surface area contributed by atoms with Crippen molar-refractivity contribution in [3.8, 4) is 0 Å².